The fourth-order valence-corrected chi connectivity index (χ4v) is 3.06. The Balaban J connectivity index is 2.29. The van der Waals surface area contributed by atoms with Crippen LogP contribution in [0.2, 0.25) is 0 Å². The largest absolute Gasteiger partial charge is 0.416 e. The summed E-state index contributed by atoms with van der Waals surface area (Å²) in [5.41, 5.74) is -0.719. The molecule has 1 saturated carbocycles. The maximum atomic E-state index is 13.4. The van der Waals surface area contributed by atoms with Gasteiger partial charge in [0.1, 0.15) is 5.82 Å². The molecule has 0 spiro atoms. The lowest BCUT2D eigenvalue weighted by atomic mass is 9.90. The fourth-order valence-electron chi connectivity index (χ4n) is 3.06. The zero-order valence-corrected chi connectivity index (χ0v) is 11.4. The second kappa shape index (κ2) is 6.12. The molecule has 0 amide bonds. The predicted molar refractivity (Wildman–Crippen MR) is 69.8 cm³/mol. The van der Waals surface area contributed by atoms with Crippen molar-refractivity contribution in [2.24, 2.45) is 5.92 Å². The molecule has 5 heteroatoms. The number of nitrogens with one attached hydrogen (secondary N) is 1. The lowest BCUT2D eigenvalue weighted by Gasteiger charge is -2.24. The fraction of sp³-hybridized carbons (Fsp3) is 0.600. The second-order valence-corrected chi connectivity index (χ2v) is 5.46. The molecule has 1 aliphatic rings. The van der Waals surface area contributed by atoms with E-state index < -0.39 is 23.6 Å². The highest BCUT2D eigenvalue weighted by Gasteiger charge is 2.35. The van der Waals surface area contributed by atoms with Crippen LogP contribution >= 0.6 is 0 Å². The molecule has 1 nitrogen and oxygen atoms in total. The van der Waals surface area contributed by atoms with Gasteiger partial charge in [-0.15, -0.1) is 0 Å². The SMILES string of the molecule is CNC(CC1CCCC1)c1cc(F)ccc1C(F)(F)F. The van der Waals surface area contributed by atoms with Crippen molar-refractivity contribution in [2.45, 2.75) is 44.3 Å². The van der Waals surface area contributed by atoms with Crippen LogP contribution < -0.4 is 5.32 Å². The summed E-state index contributed by atoms with van der Waals surface area (Å²) in [7, 11) is 1.63. The van der Waals surface area contributed by atoms with Gasteiger partial charge < -0.3 is 5.32 Å². The van der Waals surface area contributed by atoms with Gasteiger partial charge in [-0.3, -0.25) is 0 Å². The van der Waals surface area contributed by atoms with Crippen molar-refractivity contribution >= 4 is 0 Å². The Morgan fingerprint density at radius 2 is 1.90 bits per heavy atom. The van der Waals surface area contributed by atoms with Gasteiger partial charge in [-0.2, -0.15) is 13.2 Å². The van der Waals surface area contributed by atoms with E-state index in [-0.39, 0.29) is 5.56 Å². The third kappa shape index (κ3) is 3.51. The Kier molecular flexibility index (Phi) is 4.68. The van der Waals surface area contributed by atoms with E-state index in [1.807, 2.05) is 0 Å². The summed E-state index contributed by atoms with van der Waals surface area (Å²) in [6.07, 6.45) is 0.549. The van der Waals surface area contributed by atoms with Gasteiger partial charge in [0.25, 0.3) is 0 Å². The summed E-state index contributed by atoms with van der Waals surface area (Å²) in [4.78, 5) is 0. The molecule has 20 heavy (non-hydrogen) atoms. The van der Waals surface area contributed by atoms with Crippen LogP contribution in [0.3, 0.4) is 0 Å². The summed E-state index contributed by atoms with van der Waals surface area (Å²) in [6.45, 7) is 0. The third-order valence-electron chi connectivity index (χ3n) is 4.09. The summed E-state index contributed by atoms with van der Waals surface area (Å²) in [5, 5.41) is 2.92. The van der Waals surface area contributed by atoms with Crippen molar-refractivity contribution in [2.75, 3.05) is 7.05 Å². The lowest BCUT2D eigenvalue weighted by molar-refractivity contribution is -0.138. The van der Waals surface area contributed by atoms with E-state index in [2.05, 4.69) is 5.32 Å². The molecule has 2 rings (SSSR count). The van der Waals surface area contributed by atoms with Gasteiger partial charge in [-0.25, -0.2) is 4.39 Å². The van der Waals surface area contributed by atoms with Gasteiger partial charge in [0.15, 0.2) is 0 Å². The number of hydrogen-bond acceptors (Lipinski definition) is 1. The first-order chi connectivity index (χ1) is 9.41. The van der Waals surface area contributed by atoms with Crippen LogP contribution in [0.5, 0.6) is 0 Å². The Bertz CT molecular complexity index is 450. The van der Waals surface area contributed by atoms with E-state index in [0.717, 1.165) is 43.9 Å². The van der Waals surface area contributed by atoms with Gasteiger partial charge in [-0.1, -0.05) is 25.7 Å². The van der Waals surface area contributed by atoms with E-state index >= 15 is 0 Å². The minimum absolute atomic E-state index is 0.0203. The number of hydrogen-bond donors (Lipinski definition) is 1. The topological polar surface area (TPSA) is 12.0 Å². The van der Waals surface area contributed by atoms with E-state index in [4.69, 9.17) is 0 Å². The summed E-state index contributed by atoms with van der Waals surface area (Å²) >= 11 is 0. The van der Waals surface area contributed by atoms with Crippen LogP contribution in [0.1, 0.15) is 49.3 Å². The quantitative estimate of drug-likeness (QED) is 0.793. The third-order valence-corrected chi connectivity index (χ3v) is 4.09. The van der Waals surface area contributed by atoms with Crippen molar-refractivity contribution in [3.8, 4) is 0 Å². The normalized spacial score (nSPS) is 18.4. The van der Waals surface area contributed by atoms with E-state index in [0.29, 0.717) is 12.3 Å². The van der Waals surface area contributed by atoms with Crippen LogP contribution in [0.25, 0.3) is 0 Å². The number of benzene rings is 1. The molecule has 1 N–H and O–H groups in total. The molecule has 1 aliphatic carbocycles. The first-order valence-corrected chi connectivity index (χ1v) is 6.95. The molecule has 1 aromatic rings. The number of halogens is 4. The van der Waals surface area contributed by atoms with E-state index in [1.165, 1.54) is 0 Å². The highest BCUT2D eigenvalue weighted by Crippen LogP contribution is 2.39. The highest BCUT2D eigenvalue weighted by atomic mass is 19.4. The molecule has 112 valence electrons. The van der Waals surface area contributed by atoms with Crippen molar-refractivity contribution in [1.29, 1.82) is 0 Å². The summed E-state index contributed by atoms with van der Waals surface area (Å²) in [6, 6.07) is 2.27. The van der Waals surface area contributed by atoms with E-state index in [1.54, 1.807) is 7.05 Å². The standard InChI is InChI=1S/C15H19F4N/c1-20-14(8-10-4-2-3-5-10)12-9-11(16)6-7-13(12)15(17,18)19/h6-7,9-10,14,20H,2-5,8H2,1H3. The monoisotopic (exact) mass is 289 g/mol. The molecule has 1 atom stereocenters. The van der Waals surface area contributed by atoms with Crippen LogP contribution in [0.4, 0.5) is 17.6 Å². The first-order valence-electron chi connectivity index (χ1n) is 6.95. The van der Waals surface area contributed by atoms with E-state index in [9.17, 15) is 17.6 Å². The zero-order chi connectivity index (χ0) is 14.8. The molecule has 0 bridgehead atoms. The second-order valence-electron chi connectivity index (χ2n) is 5.46. The van der Waals surface area contributed by atoms with Gasteiger partial charge in [0, 0.05) is 6.04 Å². The van der Waals surface area contributed by atoms with Gasteiger partial charge in [0.05, 0.1) is 5.56 Å². The van der Waals surface area contributed by atoms with Crippen LogP contribution in [0, 0.1) is 11.7 Å². The average molecular weight is 289 g/mol. The van der Waals surface area contributed by atoms with Gasteiger partial charge >= 0.3 is 6.18 Å². The van der Waals surface area contributed by atoms with Crippen molar-refractivity contribution < 1.29 is 17.6 Å². The lowest BCUT2D eigenvalue weighted by Crippen LogP contribution is -2.23. The molecule has 0 radical (unpaired) electrons. The Morgan fingerprint density at radius 1 is 1.25 bits per heavy atom. The number of rotatable bonds is 4. The number of alkyl halides is 3. The van der Waals surface area contributed by atoms with Crippen molar-refractivity contribution in [3.05, 3.63) is 35.1 Å². The summed E-state index contributed by atoms with van der Waals surface area (Å²) < 4.78 is 52.5. The zero-order valence-electron chi connectivity index (χ0n) is 11.4. The molecule has 0 aliphatic heterocycles. The van der Waals surface area contributed by atoms with Crippen LogP contribution in [-0.4, -0.2) is 7.05 Å². The van der Waals surface area contributed by atoms with Gasteiger partial charge in [0.2, 0.25) is 0 Å². The maximum Gasteiger partial charge on any atom is 0.416 e. The van der Waals surface area contributed by atoms with Crippen molar-refractivity contribution in [3.63, 3.8) is 0 Å². The minimum atomic E-state index is -4.45. The molecule has 1 unspecified atom stereocenters. The maximum absolute atomic E-state index is 13.4. The smallest absolute Gasteiger partial charge is 0.313 e. The summed E-state index contributed by atoms with van der Waals surface area (Å²) in [5.74, 6) is -0.198. The Labute approximate surface area is 116 Å². The molecular formula is C15H19F4N. The molecule has 0 saturated heterocycles. The molecular weight excluding hydrogens is 270 g/mol. The molecule has 1 aromatic carbocycles. The molecule has 1 fully saturated rings. The Morgan fingerprint density at radius 3 is 2.45 bits per heavy atom. The first kappa shape index (κ1) is 15.3. The molecule has 0 heterocycles. The van der Waals surface area contributed by atoms with Crippen LogP contribution in [0.15, 0.2) is 18.2 Å². The predicted octanol–water partition coefficient (Wildman–Crippen LogP) is 4.69. The Hall–Kier alpha value is -1.10. The minimum Gasteiger partial charge on any atom is -0.313 e. The van der Waals surface area contributed by atoms with Gasteiger partial charge in [-0.05, 0) is 43.1 Å². The average Bonchev–Trinajstić information content (AvgIpc) is 2.87. The van der Waals surface area contributed by atoms with Crippen molar-refractivity contribution in [1.82, 2.24) is 5.32 Å². The van der Waals surface area contributed by atoms with Crippen LogP contribution in [-0.2, 0) is 6.18 Å². The molecule has 0 aromatic heterocycles. The highest BCUT2D eigenvalue weighted by molar-refractivity contribution is 5.33.